The van der Waals surface area contributed by atoms with Gasteiger partial charge in [0.15, 0.2) is 0 Å². The molecule has 1 aromatic heterocycles. The number of hydrogen-bond acceptors (Lipinski definition) is 8. The van der Waals surface area contributed by atoms with Gasteiger partial charge in [-0.05, 0) is 43.9 Å². The number of ether oxygens (including phenoxy) is 3. The SMILES string of the molecule is C=CC/C(=C\C[C@H](OC(=O)C[C@H](C)C(C)(C)C(=O)[C@H](C)[C@@H](OC(=O)OCC(Cl)(Cl)Cl)[C@@H](C)CC=C)[C@@H](C)Cc1csc(C)n1)C(F)(F)F. The number of aromatic nitrogens is 1. The van der Waals surface area contributed by atoms with Crippen molar-refractivity contribution in [3.05, 3.63) is 53.0 Å². The van der Waals surface area contributed by atoms with E-state index >= 15 is 0 Å². The van der Waals surface area contributed by atoms with Gasteiger partial charge in [-0.25, -0.2) is 9.78 Å². The van der Waals surface area contributed by atoms with Gasteiger partial charge < -0.3 is 14.2 Å². The van der Waals surface area contributed by atoms with E-state index in [-0.39, 0.29) is 36.9 Å². The van der Waals surface area contributed by atoms with Gasteiger partial charge in [0.25, 0.3) is 0 Å². The van der Waals surface area contributed by atoms with Crippen molar-refractivity contribution in [2.45, 2.75) is 103 Å². The Bertz CT molecular complexity index is 1280. The average Bonchev–Trinajstić information content (AvgIpc) is 3.38. The van der Waals surface area contributed by atoms with Gasteiger partial charge in [-0.3, -0.25) is 9.59 Å². The fraction of sp³-hybridized carbons (Fsp3) is 0.647. The Hall–Kier alpha value is -2.08. The molecule has 0 bridgehead atoms. The van der Waals surface area contributed by atoms with E-state index in [1.54, 1.807) is 47.6 Å². The number of esters is 1. The van der Waals surface area contributed by atoms with Crippen molar-refractivity contribution in [3.8, 4) is 0 Å². The maximum Gasteiger partial charge on any atom is 0.508 e. The second-order valence-corrected chi connectivity index (χ2v) is 16.3. The number of halogens is 6. The molecule has 0 radical (unpaired) electrons. The van der Waals surface area contributed by atoms with Gasteiger partial charge in [0.05, 0.1) is 16.6 Å². The van der Waals surface area contributed by atoms with Gasteiger partial charge in [0.1, 0.15) is 24.6 Å². The molecule has 0 spiro atoms. The van der Waals surface area contributed by atoms with Crippen LogP contribution in [-0.2, 0) is 30.2 Å². The Morgan fingerprint density at radius 3 is 2.12 bits per heavy atom. The van der Waals surface area contributed by atoms with Crippen LogP contribution >= 0.6 is 46.1 Å². The highest BCUT2D eigenvalue weighted by molar-refractivity contribution is 7.09. The predicted octanol–water partition coefficient (Wildman–Crippen LogP) is 10.4. The highest BCUT2D eigenvalue weighted by atomic mass is 35.6. The first-order valence-corrected chi connectivity index (χ1v) is 17.6. The van der Waals surface area contributed by atoms with Gasteiger partial charge in [0.2, 0.25) is 3.79 Å². The van der Waals surface area contributed by atoms with Gasteiger partial charge in [-0.2, -0.15) is 13.2 Å². The van der Waals surface area contributed by atoms with Crippen LogP contribution in [0.5, 0.6) is 0 Å². The van der Waals surface area contributed by atoms with Crippen LogP contribution in [0.1, 0.15) is 77.9 Å². The van der Waals surface area contributed by atoms with Crippen molar-refractivity contribution in [1.29, 1.82) is 0 Å². The summed E-state index contributed by atoms with van der Waals surface area (Å²) in [6.07, 6.45) is -3.56. The number of thiazole rings is 1. The second kappa shape index (κ2) is 19.3. The first-order chi connectivity index (χ1) is 22.0. The number of carbonyl (C=O) groups excluding carboxylic acids is 3. The zero-order valence-electron chi connectivity index (χ0n) is 28.5. The second-order valence-electron chi connectivity index (χ2n) is 12.7. The minimum atomic E-state index is -4.56. The van der Waals surface area contributed by atoms with Gasteiger partial charge in [-0.1, -0.05) is 94.6 Å². The van der Waals surface area contributed by atoms with E-state index in [1.165, 1.54) is 17.4 Å². The van der Waals surface area contributed by atoms with Crippen molar-refractivity contribution in [2.75, 3.05) is 6.61 Å². The molecule has 1 rings (SSSR count). The van der Waals surface area contributed by atoms with Crippen LogP contribution in [0.15, 0.2) is 42.3 Å². The molecule has 0 N–H and O–H groups in total. The van der Waals surface area contributed by atoms with E-state index in [9.17, 15) is 27.6 Å². The van der Waals surface area contributed by atoms with Crippen LogP contribution in [0, 0.1) is 36.0 Å². The molecular formula is C34H47Cl3F3NO6S. The Morgan fingerprint density at radius 1 is 1.00 bits per heavy atom. The molecule has 0 saturated heterocycles. The number of alkyl halides is 6. The molecule has 0 aromatic carbocycles. The topological polar surface area (TPSA) is 91.8 Å². The predicted molar refractivity (Wildman–Crippen MR) is 185 cm³/mol. The first-order valence-electron chi connectivity index (χ1n) is 15.6. The number of rotatable bonds is 19. The lowest BCUT2D eigenvalue weighted by molar-refractivity contribution is -0.154. The Labute approximate surface area is 301 Å². The van der Waals surface area contributed by atoms with Crippen molar-refractivity contribution in [2.24, 2.45) is 29.1 Å². The summed E-state index contributed by atoms with van der Waals surface area (Å²) in [4.78, 5) is 44.1. The molecule has 272 valence electrons. The monoisotopic (exact) mass is 759 g/mol. The summed E-state index contributed by atoms with van der Waals surface area (Å²) >= 11 is 18.4. The van der Waals surface area contributed by atoms with E-state index in [0.717, 1.165) is 16.8 Å². The summed E-state index contributed by atoms with van der Waals surface area (Å²) in [7, 11) is 0. The van der Waals surface area contributed by atoms with Gasteiger partial charge in [0, 0.05) is 29.2 Å². The van der Waals surface area contributed by atoms with Crippen LogP contribution < -0.4 is 0 Å². The molecule has 0 amide bonds. The number of nitrogens with zero attached hydrogens (tertiary/aromatic N) is 1. The fourth-order valence-electron chi connectivity index (χ4n) is 5.18. The summed E-state index contributed by atoms with van der Waals surface area (Å²) in [6.45, 7) is 18.7. The first kappa shape index (κ1) is 43.9. The van der Waals surface area contributed by atoms with E-state index in [1.807, 2.05) is 12.3 Å². The molecule has 1 heterocycles. The Morgan fingerprint density at radius 2 is 1.62 bits per heavy atom. The van der Waals surface area contributed by atoms with Crippen molar-refractivity contribution < 1.29 is 41.8 Å². The molecule has 0 aliphatic rings. The number of allylic oxidation sites excluding steroid dienone is 3. The molecule has 0 aliphatic carbocycles. The third kappa shape index (κ3) is 14.8. The van der Waals surface area contributed by atoms with E-state index < -0.39 is 63.7 Å². The van der Waals surface area contributed by atoms with Gasteiger partial charge in [-0.15, -0.1) is 24.5 Å². The maximum atomic E-state index is 13.9. The zero-order valence-corrected chi connectivity index (χ0v) is 31.6. The van der Waals surface area contributed by atoms with E-state index in [0.29, 0.717) is 12.8 Å². The normalized spacial score (nSPS) is 16.6. The molecule has 0 fully saturated rings. The highest BCUT2D eigenvalue weighted by Crippen LogP contribution is 2.37. The summed E-state index contributed by atoms with van der Waals surface area (Å²) in [6, 6.07) is 0. The number of aryl methyl sites for hydroxylation is 1. The molecule has 1 aromatic rings. The molecule has 14 heteroatoms. The fourth-order valence-corrected chi connectivity index (χ4v) is 5.97. The van der Waals surface area contributed by atoms with E-state index in [2.05, 4.69) is 18.1 Å². The molecule has 48 heavy (non-hydrogen) atoms. The molecule has 7 nitrogen and oxygen atoms in total. The largest absolute Gasteiger partial charge is 0.508 e. The lowest BCUT2D eigenvalue weighted by Gasteiger charge is -2.36. The quantitative estimate of drug-likeness (QED) is 0.0788. The maximum absolute atomic E-state index is 13.9. The number of Topliss-reactive ketones (excluding diaryl/α,β-unsaturated/α-hetero) is 1. The zero-order chi connectivity index (χ0) is 37.0. The minimum absolute atomic E-state index is 0.166. The summed E-state index contributed by atoms with van der Waals surface area (Å²) in [5.41, 5.74) is -1.13. The van der Waals surface area contributed by atoms with E-state index in [4.69, 9.17) is 49.0 Å². The summed E-state index contributed by atoms with van der Waals surface area (Å²) in [5.74, 6) is -3.04. The smallest absolute Gasteiger partial charge is 0.462 e. The minimum Gasteiger partial charge on any atom is -0.462 e. The summed E-state index contributed by atoms with van der Waals surface area (Å²) in [5, 5.41) is 2.71. The Balaban J connectivity index is 3.17. The van der Waals surface area contributed by atoms with Crippen molar-refractivity contribution in [1.82, 2.24) is 4.98 Å². The summed E-state index contributed by atoms with van der Waals surface area (Å²) < 4.78 is 55.2. The number of hydrogen-bond donors (Lipinski definition) is 0. The molecule has 0 aliphatic heterocycles. The lowest BCUT2D eigenvalue weighted by atomic mass is 9.69. The number of ketones is 1. The van der Waals surface area contributed by atoms with Crippen LogP contribution in [-0.4, -0.2) is 51.7 Å². The van der Waals surface area contributed by atoms with Crippen LogP contribution in [0.3, 0.4) is 0 Å². The van der Waals surface area contributed by atoms with Crippen LogP contribution in [0.4, 0.5) is 18.0 Å². The van der Waals surface area contributed by atoms with Crippen LogP contribution in [0.2, 0.25) is 0 Å². The number of carbonyl (C=O) groups is 3. The van der Waals surface area contributed by atoms with Gasteiger partial charge >= 0.3 is 18.3 Å². The Kier molecular flexibility index (Phi) is 17.7. The molecule has 0 unspecified atom stereocenters. The average molecular weight is 761 g/mol. The highest BCUT2D eigenvalue weighted by Gasteiger charge is 2.43. The molecule has 0 saturated carbocycles. The van der Waals surface area contributed by atoms with Crippen molar-refractivity contribution >= 4 is 64.0 Å². The molecular weight excluding hydrogens is 714 g/mol. The third-order valence-corrected chi connectivity index (χ3v) is 9.52. The third-order valence-electron chi connectivity index (χ3n) is 8.37. The lowest BCUT2D eigenvalue weighted by Crippen LogP contribution is -2.44. The van der Waals surface area contributed by atoms with Crippen LogP contribution in [0.25, 0.3) is 0 Å². The standard InChI is InChI=1S/C34H47Cl3F3NO6S/c1-10-12-20(3)29(47-31(44)45-19-33(35,36)37)23(6)30(43)32(8,9)22(5)17-28(42)46-27(15-14-25(13-11-2)34(38,39)40)21(4)16-26-18-48-24(7)41-26/h10-11,14,18,20-23,27,29H,1-2,12-13,15-17,19H2,3-9H3/b25-14+/t20-,21-,22-,23+,27-,29-/m0/s1. The molecule has 6 atom stereocenters. The van der Waals surface area contributed by atoms with Crippen molar-refractivity contribution in [3.63, 3.8) is 0 Å².